The van der Waals surface area contributed by atoms with Crippen molar-refractivity contribution in [3.05, 3.63) is 11.6 Å². The van der Waals surface area contributed by atoms with E-state index in [9.17, 15) is 0 Å². The van der Waals surface area contributed by atoms with Crippen molar-refractivity contribution in [2.24, 2.45) is 10.8 Å². The van der Waals surface area contributed by atoms with E-state index in [4.69, 9.17) is 0 Å². The Labute approximate surface area is 95.5 Å². The van der Waals surface area contributed by atoms with E-state index in [1.165, 1.54) is 25.9 Å². The van der Waals surface area contributed by atoms with E-state index >= 15 is 0 Å². The molecule has 15 heavy (non-hydrogen) atoms. The molecule has 0 aliphatic carbocycles. The van der Waals surface area contributed by atoms with Crippen LogP contribution < -0.4 is 0 Å². The molecule has 0 unspecified atom stereocenters. The van der Waals surface area contributed by atoms with Gasteiger partial charge in [-0.15, -0.1) is 0 Å². The summed E-state index contributed by atoms with van der Waals surface area (Å²) >= 11 is 0. The number of rotatable bonds is 1. The Balaban J connectivity index is 2.70. The lowest BCUT2D eigenvalue weighted by Gasteiger charge is -2.38. The molecule has 0 aromatic carbocycles. The van der Waals surface area contributed by atoms with Gasteiger partial charge in [-0.2, -0.15) is 0 Å². The third-order valence-corrected chi connectivity index (χ3v) is 4.13. The van der Waals surface area contributed by atoms with Gasteiger partial charge in [0.2, 0.25) is 0 Å². The molecule has 0 amide bonds. The van der Waals surface area contributed by atoms with Crippen LogP contribution in [0.4, 0.5) is 0 Å². The van der Waals surface area contributed by atoms with E-state index in [1.807, 2.05) is 0 Å². The van der Waals surface area contributed by atoms with Crippen molar-refractivity contribution in [3.63, 3.8) is 0 Å². The minimum absolute atomic E-state index is 0.304. The minimum atomic E-state index is 0.304. The van der Waals surface area contributed by atoms with Gasteiger partial charge in [-0.05, 0) is 30.7 Å². The van der Waals surface area contributed by atoms with Gasteiger partial charge in [-0.1, -0.05) is 46.3 Å². The van der Waals surface area contributed by atoms with Gasteiger partial charge in [0, 0.05) is 13.1 Å². The molecule has 1 fully saturated rings. The van der Waals surface area contributed by atoms with Gasteiger partial charge in [-0.25, -0.2) is 0 Å². The fourth-order valence-corrected chi connectivity index (χ4v) is 1.78. The number of piperidine rings is 1. The van der Waals surface area contributed by atoms with Crippen LogP contribution >= 0.6 is 0 Å². The van der Waals surface area contributed by atoms with Gasteiger partial charge in [0.05, 0.1) is 0 Å². The van der Waals surface area contributed by atoms with Crippen LogP contribution in [0.15, 0.2) is 11.6 Å². The van der Waals surface area contributed by atoms with Gasteiger partial charge in [-0.3, -0.25) is 0 Å². The molecule has 1 heteroatoms. The Morgan fingerprint density at radius 2 is 1.47 bits per heavy atom. The van der Waals surface area contributed by atoms with E-state index in [0.717, 1.165) is 0 Å². The van der Waals surface area contributed by atoms with Crippen LogP contribution in [0.25, 0.3) is 0 Å². The predicted molar refractivity (Wildman–Crippen MR) is 68.1 cm³/mol. The summed E-state index contributed by atoms with van der Waals surface area (Å²) in [4.78, 5) is 2.42. The Hall–Kier alpha value is -0.300. The first-order valence-corrected chi connectivity index (χ1v) is 6.11. The molecule has 0 aromatic rings. The molecule has 0 atom stereocenters. The monoisotopic (exact) mass is 209 g/mol. The molecule has 1 saturated heterocycles. The van der Waals surface area contributed by atoms with Gasteiger partial charge in [0.1, 0.15) is 0 Å². The third-order valence-electron chi connectivity index (χ3n) is 4.13. The maximum atomic E-state index is 2.53. The van der Waals surface area contributed by atoms with E-state index in [2.05, 4.69) is 52.6 Å². The fraction of sp³-hybridized carbons (Fsp3) is 0.857. The number of allylic oxidation sites excluding steroid dienone is 1. The summed E-state index contributed by atoms with van der Waals surface area (Å²) in [6, 6.07) is 0. The quantitative estimate of drug-likeness (QED) is 0.595. The molecule has 0 radical (unpaired) electrons. The molecule has 88 valence electrons. The topological polar surface area (TPSA) is 3.24 Å². The molecule has 0 aromatic heterocycles. The zero-order valence-corrected chi connectivity index (χ0v) is 11.4. The lowest BCUT2D eigenvalue weighted by Crippen LogP contribution is -2.30. The zero-order chi connectivity index (χ0) is 11.7. The number of nitrogens with zero attached hydrogens (tertiary/aromatic N) is 1. The van der Waals surface area contributed by atoms with Crippen molar-refractivity contribution >= 4 is 0 Å². The standard InChI is InChI=1S/C14H27N/c1-13(2,3)14(4,5)11-12-7-9-15(6)10-8-12/h11H,7-10H2,1-6H3. The van der Waals surface area contributed by atoms with Gasteiger partial charge in [0.15, 0.2) is 0 Å². The van der Waals surface area contributed by atoms with Crippen LogP contribution in [0.5, 0.6) is 0 Å². The summed E-state index contributed by atoms with van der Waals surface area (Å²) in [5.74, 6) is 0. The molecule has 0 saturated carbocycles. The minimum Gasteiger partial charge on any atom is -0.306 e. The SMILES string of the molecule is CN1CCC(=CC(C)(C)C(C)(C)C)CC1. The van der Waals surface area contributed by atoms with Crippen LogP contribution in [-0.2, 0) is 0 Å². The third kappa shape index (κ3) is 3.34. The van der Waals surface area contributed by atoms with Crippen molar-refractivity contribution in [2.45, 2.75) is 47.5 Å². The summed E-state index contributed by atoms with van der Waals surface area (Å²) in [6.45, 7) is 14.2. The number of hydrogen-bond donors (Lipinski definition) is 0. The highest BCUT2D eigenvalue weighted by atomic mass is 15.1. The van der Waals surface area contributed by atoms with Crippen molar-refractivity contribution in [1.29, 1.82) is 0 Å². The molecule has 1 heterocycles. The van der Waals surface area contributed by atoms with Crippen LogP contribution in [0.1, 0.15) is 47.5 Å². The summed E-state index contributed by atoms with van der Waals surface area (Å²) in [5, 5.41) is 0. The van der Waals surface area contributed by atoms with Crippen LogP contribution in [0.2, 0.25) is 0 Å². The molecular weight excluding hydrogens is 182 g/mol. The Morgan fingerprint density at radius 3 is 1.87 bits per heavy atom. The molecule has 0 spiro atoms. The first-order chi connectivity index (χ1) is 6.72. The molecule has 1 aliphatic heterocycles. The second-order valence-electron chi connectivity index (χ2n) is 6.58. The summed E-state index contributed by atoms with van der Waals surface area (Å²) in [5.41, 5.74) is 2.31. The Morgan fingerprint density at radius 1 is 1.00 bits per heavy atom. The predicted octanol–water partition coefficient (Wildman–Crippen LogP) is 3.71. The summed E-state index contributed by atoms with van der Waals surface area (Å²) < 4.78 is 0. The zero-order valence-electron chi connectivity index (χ0n) is 11.4. The van der Waals surface area contributed by atoms with E-state index in [-0.39, 0.29) is 0 Å². The molecule has 0 N–H and O–H groups in total. The Kier molecular flexibility index (Phi) is 3.65. The lowest BCUT2D eigenvalue weighted by atomic mass is 9.68. The second kappa shape index (κ2) is 4.29. The normalized spacial score (nSPS) is 20.5. The molecule has 1 aliphatic rings. The van der Waals surface area contributed by atoms with Crippen molar-refractivity contribution in [3.8, 4) is 0 Å². The van der Waals surface area contributed by atoms with Crippen molar-refractivity contribution < 1.29 is 0 Å². The lowest BCUT2D eigenvalue weighted by molar-refractivity contribution is 0.189. The van der Waals surface area contributed by atoms with Crippen molar-refractivity contribution in [1.82, 2.24) is 4.90 Å². The molecule has 1 rings (SSSR count). The van der Waals surface area contributed by atoms with Gasteiger partial charge < -0.3 is 4.90 Å². The average molecular weight is 209 g/mol. The summed E-state index contributed by atoms with van der Waals surface area (Å²) in [6.07, 6.45) is 5.05. The van der Waals surface area contributed by atoms with E-state index < -0.39 is 0 Å². The highest BCUT2D eigenvalue weighted by Crippen LogP contribution is 2.40. The highest BCUT2D eigenvalue weighted by Gasteiger charge is 2.31. The number of hydrogen-bond acceptors (Lipinski definition) is 1. The maximum absolute atomic E-state index is 2.53. The average Bonchev–Trinajstić information content (AvgIpc) is 2.06. The summed E-state index contributed by atoms with van der Waals surface area (Å²) in [7, 11) is 2.21. The largest absolute Gasteiger partial charge is 0.306 e. The smallest absolute Gasteiger partial charge is 0.00157 e. The first kappa shape index (κ1) is 12.8. The van der Waals surface area contributed by atoms with E-state index in [0.29, 0.717) is 10.8 Å². The number of likely N-dealkylation sites (tertiary alicyclic amines) is 1. The van der Waals surface area contributed by atoms with E-state index in [1.54, 1.807) is 5.57 Å². The fourth-order valence-electron chi connectivity index (χ4n) is 1.78. The van der Waals surface area contributed by atoms with Gasteiger partial charge >= 0.3 is 0 Å². The van der Waals surface area contributed by atoms with Crippen LogP contribution in [0.3, 0.4) is 0 Å². The maximum Gasteiger partial charge on any atom is 0.00157 e. The van der Waals surface area contributed by atoms with Gasteiger partial charge in [0.25, 0.3) is 0 Å². The van der Waals surface area contributed by atoms with Crippen LogP contribution in [0, 0.1) is 10.8 Å². The molecule has 1 nitrogen and oxygen atoms in total. The highest BCUT2D eigenvalue weighted by molar-refractivity contribution is 5.13. The Bertz CT molecular complexity index is 233. The molecular formula is C14H27N. The molecule has 0 bridgehead atoms. The second-order valence-corrected chi connectivity index (χ2v) is 6.58. The van der Waals surface area contributed by atoms with Crippen molar-refractivity contribution in [2.75, 3.05) is 20.1 Å². The van der Waals surface area contributed by atoms with Crippen LogP contribution in [-0.4, -0.2) is 25.0 Å². The first-order valence-electron chi connectivity index (χ1n) is 6.11.